The lowest BCUT2D eigenvalue weighted by Gasteiger charge is -2.33. The van der Waals surface area contributed by atoms with Crippen LogP contribution in [0, 0.1) is 12.8 Å². The number of hydrogen-bond donors (Lipinski definition) is 0. The Hall–Kier alpha value is -3.61. The van der Waals surface area contributed by atoms with Gasteiger partial charge in [0.2, 0.25) is 5.95 Å². The van der Waals surface area contributed by atoms with Crippen molar-refractivity contribution in [2.75, 3.05) is 11.4 Å². The van der Waals surface area contributed by atoms with E-state index < -0.39 is 0 Å². The van der Waals surface area contributed by atoms with E-state index in [2.05, 4.69) is 24.0 Å². The van der Waals surface area contributed by atoms with E-state index in [4.69, 9.17) is 4.98 Å². The van der Waals surface area contributed by atoms with Crippen LogP contribution in [0.3, 0.4) is 0 Å². The maximum atomic E-state index is 13.6. The van der Waals surface area contributed by atoms with E-state index in [0.29, 0.717) is 30.2 Å². The number of rotatable bonds is 4. The molecule has 164 valence electrons. The summed E-state index contributed by atoms with van der Waals surface area (Å²) in [5.74, 6) is 1.10. The molecule has 0 bridgehead atoms. The van der Waals surface area contributed by atoms with Crippen molar-refractivity contribution >= 4 is 17.1 Å². The molecule has 7 heteroatoms. The number of anilines is 1. The molecule has 0 amide bonds. The first-order valence-corrected chi connectivity index (χ1v) is 11.0. The lowest BCUT2D eigenvalue weighted by molar-refractivity contribution is 0.435. The molecule has 0 unspecified atom stereocenters. The van der Waals surface area contributed by atoms with Crippen molar-refractivity contribution in [3.05, 3.63) is 92.1 Å². The van der Waals surface area contributed by atoms with Crippen LogP contribution in [0.5, 0.6) is 0 Å². The summed E-state index contributed by atoms with van der Waals surface area (Å²) in [4.78, 5) is 33.7. The van der Waals surface area contributed by atoms with Crippen molar-refractivity contribution in [1.82, 2.24) is 18.7 Å². The summed E-state index contributed by atoms with van der Waals surface area (Å²) in [5, 5.41) is 0. The molecule has 1 aliphatic rings. The van der Waals surface area contributed by atoms with Crippen molar-refractivity contribution in [3.8, 4) is 0 Å². The third-order valence-electron chi connectivity index (χ3n) is 6.16. The van der Waals surface area contributed by atoms with Gasteiger partial charge in [-0.15, -0.1) is 0 Å². The zero-order valence-corrected chi connectivity index (χ0v) is 18.7. The van der Waals surface area contributed by atoms with Crippen LogP contribution in [0.25, 0.3) is 11.2 Å². The predicted octanol–water partition coefficient (Wildman–Crippen LogP) is 2.91. The van der Waals surface area contributed by atoms with Crippen molar-refractivity contribution in [1.29, 1.82) is 0 Å². The Kier molecular flexibility index (Phi) is 4.96. The van der Waals surface area contributed by atoms with Gasteiger partial charge in [0.25, 0.3) is 5.56 Å². The van der Waals surface area contributed by atoms with Crippen molar-refractivity contribution in [3.63, 3.8) is 0 Å². The zero-order chi connectivity index (χ0) is 22.4. The minimum absolute atomic E-state index is 0.243. The van der Waals surface area contributed by atoms with E-state index >= 15 is 0 Å². The fourth-order valence-corrected chi connectivity index (χ4v) is 4.67. The summed E-state index contributed by atoms with van der Waals surface area (Å²) in [6.45, 7) is 6.69. The monoisotopic (exact) mass is 429 g/mol. The molecule has 2 aromatic carbocycles. The third kappa shape index (κ3) is 3.43. The van der Waals surface area contributed by atoms with Gasteiger partial charge in [-0.1, -0.05) is 67.1 Å². The molecule has 3 heterocycles. The summed E-state index contributed by atoms with van der Waals surface area (Å²) in [6.07, 6.45) is 0. The Morgan fingerprint density at radius 2 is 1.72 bits per heavy atom. The zero-order valence-electron chi connectivity index (χ0n) is 18.7. The molecule has 7 nitrogen and oxygen atoms in total. The highest BCUT2D eigenvalue weighted by molar-refractivity contribution is 5.75. The SMILES string of the molecule is Cc1cccc(Cn2c(=O)c3c(nc4n3C[C@H](C)CN4Cc3ccccc3)n(C)c2=O)c1. The second-order valence-electron chi connectivity index (χ2n) is 8.89. The number of benzene rings is 2. The molecular weight excluding hydrogens is 402 g/mol. The van der Waals surface area contributed by atoms with Gasteiger partial charge in [0.1, 0.15) is 0 Å². The molecule has 5 rings (SSSR count). The van der Waals surface area contributed by atoms with Crippen LogP contribution in [0.1, 0.15) is 23.6 Å². The maximum Gasteiger partial charge on any atom is 0.332 e. The van der Waals surface area contributed by atoms with Gasteiger partial charge in [0.15, 0.2) is 11.2 Å². The number of aryl methyl sites for hydroxylation is 2. The Labute approximate surface area is 186 Å². The second-order valence-corrected chi connectivity index (χ2v) is 8.89. The fraction of sp³-hybridized carbons (Fsp3) is 0.320. The molecule has 0 radical (unpaired) electrons. The molecule has 2 aromatic heterocycles. The highest BCUT2D eigenvalue weighted by Gasteiger charge is 2.29. The average Bonchev–Trinajstić information content (AvgIpc) is 3.16. The van der Waals surface area contributed by atoms with Gasteiger partial charge >= 0.3 is 5.69 Å². The number of nitrogens with zero attached hydrogens (tertiary/aromatic N) is 5. The quantitative estimate of drug-likeness (QED) is 0.500. The molecule has 0 N–H and O–H groups in total. The van der Waals surface area contributed by atoms with Crippen LogP contribution in [0.2, 0.25) is 0 Å². The first-order valence-electron chi connectivity index (χ1n) is 11.0. The van der Waals surface area contributed by atoms with Crippen LogP contribution in [-0.2, 0) is 26.7 Å². The Balaban J connectivity index is 1.66. The average molecular weight is 430 g/mol. The van der Waals surface area contributed by atoms with Crippen LogP contribution in [0.4, 0.5) is 5.95 Å². The first-order chi connectivity index (χ1) is 15.4. The number of fused-ring (bicyclic) bond motifs is 3. The minimum Gasteiger partial charge on any atom is -0.338 e. The molecule has 0 aliphatic carbocycles. The van der Waals surface area contributed by atoms with Gasteiger partial charge in [0.05, 0.1) is 6.54 Å². The molecule has 0 saturated heterocycles. The minimum atomic E-state index is -0.345. The van der Waals surface area contributed by atoms with E-state index in [1.165, 1.54) is 14.7 Å². The van der Waals surface area contributed by atoms with E-state index in [1.807, 2.05) is 54.0 Å². The predicted molar refractivity (Wildman–Crippen MR) is 126 cm³/mol. The standard InChI is InChI=1S/C25H27N5O2/c1-17-8-7-11-20(12-17)16-30-23(31)21-22(27(3)25(30)32)26-24-28(13-18(2)14-29(21)24)15-19-9-5-4-6-10-19/h4-12,18H,13-16H2,1-3H3/t18-/m1/s1. The summed E-state index contributed by atoms with van der Waals surface area (Å²) in [7, 11) is 1.70. The molecule has 1 atom stereocenters. The number of aromatic nitrogens is 4. The fourth-order valence-electron chi connectivity index (χ4n) is 4.67. The van der Waals surface area contributed by atoms with E-state index in [0.717, 1.165) is 23.6 Å². The summed E-state index contributed by atoms with van der Waals surface area (Å²) >= 11 is 0. The highest BCUT2D eigenvalue weighted by atomic mass is 16.2. The topological polar surface area (TPSA) is 65.1 Å². The molecule has 0 saturated carbocycles. The normalized spacial score (nSPS) is 15.8. The van der Waals surface area contributed by atoms with Gasteiger partial charge in [-0.25, -0.2) is 4.79 Å². The van der Waals surface area contributed by atoms with Gasteiger partial charge in [-0.3, -0.25) is 13.9 Å². The Morgan fingerprint density at radius 1 is 0.969 bits per heavy atom. The van der Waals surface area contributed by atoms with E-state index in [9.17, 15) is 9.59 Å². The Bertz CT molecular complexity index is 1410. The van der Waals surface area contributed by atoms with Crippen LogP contribution in [-0.4, -0.2) is 25.2 Å². The van der Waals surface area contributed by atoms with E-state index in [1.54, 1.807) is 7.05 Å². The smallest absolute Gasteiger partial charge is 0.332 e. The molecule has 1 aliphatic heterocycles. The second kappa shape index (κ2) is 7.82. The lowest BCUT2D eigenvalue weighted by atomic mass is 10.1. The van der Waals surface area contributed by atoms with Crippen LogP contribution < -0.4 is 16.1 Å². The van der Waals surface area contributed by atoms with Crippen molar-refractivity contribution < 1.29 is 0 Å². The highest BCUT2D eigenvalue weighted by Crippen LogP contribution is 2.28. The van der Waals surface area contributed by atoms with Gasteiger partial charge < -0.3 is 9.47 Å². The molecule has 0 spiro atoms. The summed E-state index contributed by atoms with van der Waals surface area (Å²) in [6, 6.07) is 18.1. The molecule has 32 heavy (non-hydrogen) atoms. The molecular formula is C25H27N5O2. The van der Waals surface area contributed by atoms with E-state index in [-0.39, 0.29) is 17.8 Å². The lowest BCUT2D eigenvalue weighted by Crippen LogP contribution is -2.41. The number of hydrogen-bond acceptors (Lipinski definition) is 4. The van der Waals surface area contributed by atoms with Gasteiger partial charge in [-0.2, -0.15) is 4.98 Å². The third-order valence-corrected chi connectivity index (χ3v) is 6.16. The van der Waals surface area contributed by atoms with Crippen molar-refractivity contribution in [2.45, 2.75) is 33.5 Å². The van der Waals surface area contributed by atoms with Crippen LogP contribution in [0.15, 0.2) is 64.2 Å². The van der Waals surface area contributed by atoms with Gasteiger partial charge in [0, 0.05) is 26.7 Å². The summed E-state index contributed by atoms with van der Waals surface area (Å²) < 4.78 is 4.83. The first kappa shape index (κ1) is 20.3. The van der Waals surface area contributed by atoms with Gasteiger partial charge in [-0.05, 0) is 24.0 Å². The summed E-state index contributed by atoms with van der Waals surface area (Å²) in [5.41, 5.74) is 3.54. The van der Waals surface area contributed by atoms with Crippen LogP contribution >= 0.6 is 0 Å². The maximum absolute atomic E-state index is 13.6. The molecule has 0 fully saturated rings. The largest absolute Gasteiger partial charge is 0.338 e. The van der Waals surface area contributed by atoms with Crippen molar-refractivity contribution in [2.24, 2.45) is 13.0 Å². The molecule has 4 aromatic rings. The number of imidazole rings is 1. The Morgan fingerprint density at radius 3 is 2.47 bits per heavy atom.